The van der Waals surface area contributed by atoms with Crippen molar-refractivity contribution in [3.63, 3.8) is 0 Å². The van der Waals surface area contributed by atoms with Crippen LogP contribution in [0.3, 0.4) is 0 Å². The average molecular weight is 494 g/mol. The number of fused-ring (bicyclic) bond motifs is 1. The van der Waals surface area contributed by atoms with Gasteiger partial charge in [0, 0.05) is 29.7 Å². The topological polar surface area (TPSA) is 44.3 Å². The molecule has 0 amide bonds. The highest BCUT2D eigenvalue weighted by molar-refractivity contribution is 5.88. The first-order chi connectivity index (χ1) is 13.2. The van der Waals surface area contributed by atoms with Gasteiger partial charge in [-0.1, -0.05) is 6.42 Å². The number of esters is 1. The van der Waals surface area contributed by atoms with Crippen LogP contribution in [0.15, 0.2) is 55.0 Å². The van der Waals surface area contributed by atoms with Gasteiger partial charge in [0.1, 0.15) is 18.4 Å². The summed E-state index contributed by atoms with van der Waals surface area (Å²) in [6.07, 6.45) is 9.98. The lowest BCUT2D eigenvalue weighted by atomic mass is 10.2. The second kappa shape index (κ2) is 11.0. The number of methoxy groups -OCH3 is 1. The molecule has 0 atom stereocenters. The predicted molar refractivity (Wildman–Crippen MR) is 105 cm³/mol. The molecule has 3 rings (SSSR count). The summed E-state index contributed by atoms with van der Waals surface area (Å²) in [5, 5.41) is 1.20. The number of unbranched alkanes of at least 4 members (excludes halogenated alkanes) is 3. The van der Waals surface area contributed by atoms with Gasteiger partial charge in [-0.15, -0.1) is 0 Å². The van der Waals surface area contributed by atoms with Crippen molar-refractivity contribution in [2.24, 2.45) is 7.05 Å². The van der Waals surface area contributed by atoms with Crippen LogP contribution >= 0.6 is 0 Å². The van der Waals surface area contributed by atoms with Gasteiger partial charge in [0.2, 0.25) is 0 Å². The number of hydrogen-bond acceptors (Lipinski definition) is 3. The summed E-state index contributed by atoms with van der Waals surface area (Å²) in [4.78, 5) is 12.0. The third-order valence-corrected chi connectivity index (χ3v) is 4.68. The Morgan fingerprint density at radius 2 is 1.93 bits per heavy atom. The van der Waals surface area contributed by atoms with Gasteiger partial charge in [0.05, 0.1) is 13.7 Å². The van der Waals surface area contributed by atoms with E-state index in [-0.39, 0.29) is 29.9 Å². The van der Waals surface area contributed by atoms with Crippen LogP contribution in [0.2, 0.25) is 0 Å². The Labute approximate surface area is 183 Å². The minimum Gasteiger partial charge on any atom is -1.00 e. The number of rotatable bonds is 9. The Hall–Kier alpha value is -2.09. The Bertz CT molecular complexity index is 908. The molecule has 0 saturated heterocycles. The van der Waals surface area contributed by atoms with Crippen molar-refractivity contribution < 1.29 is 42.8 Å². The molecule has 0 radical (unpaired) electrons. The molecule has 0 bridgehead atoms. The summed E-state index contributed by atoms with van der Waals surface area (Å²) in [7, 11) is 3.58. The molecule has 28 heavy (non-hydrogen) atoms. The predicted octanol–water partition coefficient (Wildman–Crippen LogP) is 0.896. The first kappa shape index (κ1) is 22.2. The van der Waals surface area contributed by atoms with E-state index in [1.807, 2.05) is 29.9 Å². The van der Waals surface area contributed by atoms with Crippen LogP contribution in [-0.2, 0) is 18.3 Å². The molecule has 1 aromatic carbocycles. The Balaban J connectivity index is 0.00000280. The third kappa shape index (κ3) is 5.95. The average Bonchev–Trinajstić information content (AvgIpc) is 3.09. The van der Waals surface area contributed by atoms with Gasteiger partial charge >= 0.3 is 5.97 Å². The molecule has 3 aromatic rings. The Morgan fingerprint density at radius 1 is 1.11 bits per heavy atom. The summed E-state index contributed by atoms with van der Waals surface area (Å²) in [6.45, 7) is 1.47. The smallest absolute Gasteiger partial charge is 0.344 e. The van der Waals surface area contributed by atoms with Gasteiger partial charge in [-0.05, 0) is 49.6 Å². The Kier molecular flexibility index (Phi) is 8.76. The number of nitrogens with zero attached hydrogens (tertiary/aromatic N) is 2. The fourth-order valence-electron chi connectivity index (χ4n) is 3.19. The first-order valence-electron chi connectivity index (χ1n) is 9.42. The van der Waals surface area contributed by atoms with Gasteiger partial charge in [0.15, 0.2) is 12.4 Å². The maximum Gasteiger partial charge on any atom is 0.344 e. The van der Waals surface area contributed by atoms with Crippen LogP contribution in [0.5, 0.6) is 5.75 Å². The zero-order chi connectivity index (χ0) is 19.1. The van der Waals surface area contributed by atoms with E-state index in [2.05, 4.69) is 29.0 Å². The van der Waals surface area contributed by atoms with Crippen molar-refractivity contribution in [3.05, 3.63) is 60.6 Å². The SMILES string of the molecule is COc1ccc2c(ccn2CCCCCCOC(=O)c2ccc[n+](C)c2)c1.[I-]. The number of hydrogen-bond donors (Lipinski definition) is 0. The van der Waals surface area contributed by atoms with Gasteiger partial charge in [-0.3, -0.25) is 0 Å². The summed E-state index contributed by atoms with van der Waals surface area (Å²) in [5.74, 6) is 0.638. The van der Waals surface area contributed by atoms with Crippen molar-refractivity contribution >= 4 is 16.9 Å². The molecular formula is C22H27IN2O3. The van der Waals surface area contributed by atoms with E-state index in [9.17, 15) is 4.79 Å². The molecule has 2 heterocycles. The van der Waals surface area contributed by atoms with Crippen molar-refractivity contribution in [1.29, 1.82) is 0 Å². The van der Waals surface area contributed by atoms with Crippen LogP contribution < -0.4 is 33.3 Å². The van der Waals surface area contributed by atoms with E-state index >= 15 is 0 Å². The first-order valence-corrected chi connectivity index (χ1v) is 9.42. The molecular weight excluding hydrogens is 467 g/mol. The number of carbonyl (C=O) groups excluding carboxylic acids is 1. The van der Waals surface area contributed by atoms with Crippen LogP contribution in [0.4, 0.5) is 0 Å². The van der Waals surface area contributed by atoms with E-state index < -0.39 is 0 Å². The van der Waals surface area contributed by atoms with Crippen molar-refractivity contribution in [2.75, 3.05) is 13.7 Å². The highest BCUT2D eigenvalue weighted by atomic mass is 127. The molecule has 2 aromatic heterocycles. The Morgan fingerprint density at radius 3 is 2.71 bits per heavy atom. The lowest BCUT2D eigenvalue weighted by Gasteiger charge is -2.07. The van der Waals surface area contributed by atoms with Gasteiger partial charge in [0.25, 0.3) is 0 Å². The van der Waals surface area contributed by atoms with Crippen LogP contribution in [0.25, 0.3) is 10.9 Å². The molecule has 6 heteroatoms. The quantitative estimate of drug-likeness (QED) is 0.192. The number of halogens is 1. The molecule has 0 fully saturated rings. The monoisotopic (exact) mass is 494 g/mol. The minimum absolute atomic E-state index is 0. The fraction of sp³-hybridized carbons (Fsp3) is 0.364. The molecule has 0 unspecified atom stereocenters. The zero-order valence-electron chi connectivity index (χ0n) is 16.4. The van der Waals surface area contributed by atoms with E-state index in [1.165, 1.54) is 10.9 Å². The summed E-state index contributed by atoms with van der Waals surface area (Å²) < 4.78 is 14.7. The normalized spacial score (nSPS) is 10.5. The summed E-state index contributed by atoms with van der Waals surface area (Å²) >= 11 is 0. The van der Waals surface area contributed by atoms with Gasteiger partial charge < -0.3 is 38.0 Å². The largest absolute Gasteiger partial charge is 1.00 e. The number of ether oxygens (including phenoxy) is 2. The molecule has 0 aliphatic carbocycles. The highest BCUT2D eigenvalue weighted by Crippen LogP contribution is 2.22. The lowest BCUT2D eigenvalue weighted by molar-refractivity contribution is -0.671. The number of benzene rings is 1. The molecule has 5 nitrogen and oxygen atoms in total. The fourth-order valence-corrected chi connectivity index (χ4v) is 3.19. The van der Waals surface area contributed by atoms with Crippen molar-refractivity contribution in [1.82, 2.24) is 4.57 Å². The number of aromatic nitrogens is 2. The summed E-state index contributed by atoms with van der Waals surface area (Å²) in [5.41, 5.74) is 1.83. The third-order valence-electron chi connectivity index (χ3n) is 4.68. The molecule has 150 valence electrons. The molecule has 0 aliphatic rings. The van der Waals surface area contributed by atoms with Gasteiger partial charge in [-0.2, -0.15) is 0 Å². The second-order valence-corrected chi connectivity index (χ2v) is 6.74. The summed E-state index contributed by atoms with van der Waals surface area (Å²) in [6, 6.07) is 11.9. The van der Waals surface area contributed by atoms with Crippen LogP contribution in [0, 0.1) is 0 Å². The molecule has 0 saturated carbocycles. The standard InChI is InChI=1S/C22H27N2O3.HI/c1-23-12-7-8-19(17-23)22(25)27-15-6-4-3-5-13-24-14-11-18-16-20(26-2)9-10-21(18)24;/h7-12,14,16-17H,3-6,13,15H2,1-2H3;1H/q+1;/p-1. The van der Waals surface area contributed by atoms with Crippen LogP contribution in [-0.4, -0.2) is 24.3 Å². The lowest BCUT2D eigenvalue weighted by Crippen LogP contribution is -3.00. The molecule has 0 aliphatic heterocycles. The molecule has 0 N–H and O–H groups in total. The maximum atomic E-state index is 12.0. The van der Waals surface area contributed by atoms with Crippen LogP contribution in [0.1, 0.15) is 36.0 Å². The number of carbonyl (C=O) groups is 1. The van der Waals surface area contributed by atoms with E-state index in [4.69, 9.17) is 9.47 Å². The highest BCUT2D eigenvalue weighted by Gasteiger charge is 2.10. The number of pyridine rings is 1. The maximum absolute atomic E-state index is 12.0. The van der Waals surface area contributed by atoms with E-state index in [0.29, 0.717) is 12.2 Å². The zero-order valence-corrected chi connectivity index (χ0v) is 18.6. The van der Waals surface area contributed by atoms with Gasteiger partial charge in [-0.25, -0.2) is 9.36 Å². The second-order valence-electron chi connectivity index (χ2n) is 6.74. The van der Waals surface area contributed by atoms with Crippen molar-refractivity contribution in [3.8, 4) is 5.75 Å². The molecule has 0 spiro atoms. The minimum atomic E-state index is -0.250. The van der Waals surface area contributed by atoms with E-state index in [1.54, 1.807) is 19.4 Å². The van der Waals surface area contributed by atoms with Crippen molar-refractivity contribution in [2.45, 2.75) is 32.2 Å². The number of aryl methyl sites for hydroxylation is 2. The van der Waals surface area contributed by atoms with E-state index in [0.717, 1.165) is 38.0 Å².